The maximum atomic E-state index is 5.83. The Hall–Kier alpha value is -1.03. The number of H-pyrrole nitrogens is 1. The van der Waals surface area contributed by atoms with Crippen molar-refractivity contribution in [3.8, 4) is 0 Å². The van der Waals surface area contributed by atoms with Gasteiger partial charge in [0.2, 0.25) is 5.95 Å². The van der Waals surface area contributed by atoms with E-state index < -0.39 is 0 Å². The first-order chi connectivity index (χ1) is 6.68. The van der Waals surface area contributed by atoms with Crippen molar-refractivity contribution in [3.05, 3.63) is 11.9 Å². The molecule has 0 spiro atoms. The van der Waals surface area contributed by atoms with Crippen LogP contribution in [0.5, 0.6) is 0 Å². The number of imidazole rings is 1. The second-order valence-corrected chi connectivity index (χ2v) is 4.23. The third-order valence-electron chi connectivity index (χ3n) is 3.38. The van der Waals surface area contributed by atoms with Crippen LogP contribution in [-0.2, 0) is 0 Å². The first kappa shape index (κ1) is 9.52. The molecule has 0 unspecified atom stereocenters. The van der Waals surface area contributed by atoms with Crippen LogP contribution in [0.3, 0.4) is 0 Å². The number of rotatable bonds is 3. The van der Waals surface area contributed by atoms with E-state index in [1.807, 2.05) is 13.1 Å². The number of aromatic nitrogens is 2. The minimum atomic E-state index is 0.157. The Bertz CT molecular complexity index is 308. The number of aromatic amines is 1. The molecule has 0 aromatic carbocycles. The summed E-state index contributed by atoms with van der Waals surface area (Å²) in [5, 5.41) is 0. The average molecular weight is 194 g/mol. The van der Waals surface area contributed by atoms with Gasteiger partial charge in [0.25, 0.3) is 0 Å². The van der Waals surface area contributed by atoms with Crippen molar-refractivity contribution in [3.63, 3.8) is 0 Å². The number of nitrogens with two attached hydrogens (primary N) is 1. The number of anilines is 1. The van der Waals surface area contributed by atoms with E-state index in [0.29, 0.717) is 6.54 Å². The Kier molecular flexibility index (Phi) is 2.23. The summed E-state index contributed by atoms with van der Waals surface area (Å²) in [7, 11) is 2.07. The van der Waals surface area contributed by atoms with E-state index in [1.165, 1.54) is 19.3 Å². The molecule has 14 heavy (non-hydrogen) atoms. The van der Waals surface area contributed by atoms with Gasteiger partial charge in [-0.3, -0.25) is 0 Å². The second kappa shape index (κ2) is 3.28. The van der Waals surface area contributed by atoms with Crippen molar-refractivity contribution in [2.24, 2.45) is 5.73 Å². The third-order valence-corrected chi connectivity index (χ3v) is 3.38. The molecular formula is C10H18N4. The largest absolute Gasteiger partial charge is 0.339 e. The summed E-state index contributed by atoms with van der Waals surface area (Å²) in [6, 6.07) is 0. The fraction of sp³-hybridized carbons (Fsp3) is 0.700. The zero-order valence-electron chi connectivity index (χ0n) is 8.88. The molecule has 4 nitrogen and oxygen atoms in total. The molecule has 1 fully saturated rings. The minimum absolute atomic E-state index is 0.157. The number of aryl methyl sites for hydroxylation is 1. The normalized spacial score (nSPS) is 19.1. The van der Waals surface area contributed by atoms with Gasteiger partial charge < -0.3 is 15.6 Å². The van der Waals surface area contributed by atoms with E-state index in [9.17, 15) is 0 Å². The van der Waals surface area contributed by atoms with Crippen molar-refractivity contribution in [2.75, 3.05) is 18.5 Å². The molecule has 1 aromatic heterocycles. The highest BCUT2D eigenvalue weighted by Gasteiger charge is 2.40. The topological polar surface area (TPSA) is 57.9 Å². The summed E-state index contributed by atoms with van der Waals surface area (Å²) < 4.78 is 0. The molecule has 1 aliphatic rings. The summed E-state index contributed by atoms with van der Waals surface area (Å²) in [5.41, 5.74) is 7.08. The quantitative estimate of drug-likeness (QED) is 0.755. The van der Waals surface area contributed by atoms with Crippen LogP contribution in [0, 0.1) is 6.92 Å². The van der Waals surface area contributed by atoms with Crippen LogP contribution in [0.1, 0.15) is 25.0 Å². The average Bonchev–Trinajstić information content (AvgIpc) is 2.50. The van der Waals surface area contributed by atoms with Gasteiger partial charge >= 0.3 is 0 Å². The Morgan fingerprint density at radius 2 is 2.36 bits per heavy atom. The second-order valence-electron chi connectivity index (χ2n) is 4.23. The number of nitrogens with one attached hydrogen (secondary N) is 1. The smallest absolute Gasteiger partial charge is 0.203 e. The highest BCUT2D eigenvalue weighted by atomic mass is 15.3. The van der Waals surface area contributed by atoms with Gasteiger partial charge in [0.05, 0.1) is 5.54 Å². The zero-order chi connectivity index (χ0) is 10.2. The molecule has 4 heteroatoms. The molecule has 0 aliphatic heterocycles. The molecule has 0 radical (unpaired) electrons. The highest BCUT2D eigenvalue weighted by molar-refractivity contribution is 5.36. The number of likely N-dealkylation sites (N-methyl/N-ethyl adjacent to an activating group) is 1. The van der Waals surface area contributed by atoms with Gasteiger partial charge in [0.1, 0.15) is 0 Å². The lowest BCUT2D eigenvalue weighted by Gasteiger charge is -2.48. The van der Waals surface area contributed by atoms with Crippen LogP contribution < -0.4 is 10.6 Å². The van der Waals surface area contributed by atoms with Gasteiger partial charge in [-0.1, -0.05) is 0 Å². The maximum absolute atomic E-state index is 5.83. The Balaban J connectivity index is 2.18. The third kappa shape index (κ3) is 1.30. The van der Waals surface area contributed by atoms with E-state index in [1.54, 1.807) is 0 Å². The molecule has 78 valence electrons. The summed E-state index contributed by atoms with van der Waals surface area (Å²) in [5.74, 6) is 0.938. The summed E-state index contributed by atoms with van der Waals surface area (Å²) in [6.45, 7) is 2.73. The van der Waals surface area contributed by atoms with E-state index in [2.05, 4.69) is 21.9 Å². The molecule has 0 amide bonds. The lowest BCUT2D eigenvalue weighted by molar-refractivity contribution is 0.244. The lowest BCUT2D eigenvalue weighted by atomic mass is 9.76. The van der Waals surface area contributed by atoms with Crippen molar-refractivity contribution >= 4 is 5.95 Å². The van der Waals surface area contributed by atoms with Crippen molar-refractivity contribution in [2.45, 2.75) is 31.7 Å². The lowest BCUT2D eigenvalue weighted by Crippen LogP contribution is -2.57. The molecule has 1 heterocycles. The number of nitrogens with zero attached hydrogens (tertiary/aromatic N) is 2. The predicted molar refractivity (Wildman–Crippen MR) is 57.4 cm³/mol. The van der Waals surface area contributed by atoms with Crippen LogP contribution in [-0.4, -0.2) is 29.1 Å². The predicted octanol–water partition coefficient (Wildman–Crippen LogP) is 1.04. The zero-order valence-corrected chi connectivity index (χ0v) is 8.88. The molecule has 3 N–H and O–H groups in total. The Labute approximate surface area is 84.5 Å². The van der Waals surface area contributed by atoms with E-state index >= 15 is 0 Å². The molecule has 0 bridgehead atoms. The SMILES string of the molecule is Cc1cnc(N(C)C2(CN)CCC2)[nH]1. The van der Waals surface area contributed by atoms with Gasteiger partial charge in [-0.15, -0.1) is 0 Å². The van der Waals surface area contributed by atoms with Gasteiger partial charge in [-0.2, -0.15) is 0 Å². The fourth-order valence-electron chi connectivity index (χ4n) is 2.06. The van der Waals surface area contributed by atoms with Crippen LogP contribution in [0.4, 0.5) is 5.95 Å². The molecule has 1 saturated carbocycles. The van der Waals surface area contributed by atoms with Crippen molar-refractivity contribution in [1.29, 1.82) is 0 Å². The van der Waals surface area contributed by atoms with Crippen LogP contribution >= 0.6 is 0 Å². The van der Waals surface area contributed by atoms with Crippen LogP contribution in [0.2, 0.25) is 0 Å². The minimum Gasteiger partial charge on any atom is -0.339 e. The molecule has 2 rings (SSSR count). The number of hydrogen-bond acceptors (Lipinski definition) is 3. The summed E-state index contributed by atoms with van der Waals surface area (Å²) in [4.78, 5) is 9.77. The van der Waals surface area contributed by atoms with Gasteiger partial charge in [-0.05, 0) is 26.2 Å². The fourth-order valence-corrected chi connectivity index (χ4v) is 2.06. The van der Waals surface area contributed by atoms with Gasteiger partial charge in [0.15, 0.2) is 0 Å². The summed E-state index contributed by atoms with van der Waals surface area (Å²) in [6.07, 6.45) is 5.50. The highest BCUT2D eigenvalue weighted by Crippen LogP contribution is 2.37. The Morgan fingerprint density at radius 3 is 2.71 bits per heavy atom. The van der Waals surface area contributed by atoms with Crippen molar-refractivity contribution < 1.29 is 0 Å². The monoisotopic (exact) mass is 194 g/mol. The molecule has 1 aromatic rings. The van der Waals surface area contributed by atoms with Crippen molar-refractivity contribution in [1.82, 2.24) is 9.97 Å². The molecule has 0 atom stereocenters. The summed E-state index contributed by atoms with van der Waals surface area (Å²) >= 11 is 0. The van der Waals surface area contributed by atoms with Gasteiger partial charge in [-0.25, -0.2) is 4.98 Å². The standard InChI is InChI=1S/C10H18N4/c1-8-6-12-9(13-8)14(2)10(7-11)4-3-5-10/h6H,3-5,7,11H2,1-2H3,(H,12,13). The van der Waals surface area contributed by atoms with Crippen LogP contribution in [0.25, 0.3) is 0 Å². The first-order valence-corrected chi connectivity index (χ1v) is 5.13. The van der Waals surface area contributed by atoms with E-state index in [4.69, 9.17) is 5.73 Å². The van der Waals surface area contributed by atoms with Crippen LogP contribution in [0.15, 0.2) is 6.20 Å². The molecule has 1 aliphatic carbocycles. The Morgan fingerprint density at radius 1 is 1.64 bits per heavy atom. The number of hydrogen-bond donors (Lipinski definition) is 2. The van der Waals surface area contributed by atoms with Gasteiger partial charge in [0, 0.05) is 25.5 Å². The molecular weight excluding hydrogens is 176 g/mol. The molecule has 0 saturated heterocycles. The maximum Gasteiger partial charge on any atom is 0.203 e. The first-order valence-electron chi connectivity index (χ1n) is 5.13. The van der Waals surface area contributed by atoms with E-state index in [0.717, 1.165) is 11.6 Å². The van der Waals surface area contributed by atoms with E-state index in [-0.39, 0.29) is 5.54 Å².